The van der Waals surface area contributed by atoms with Crippen LogP contribution in [-0.4, -0.2) is 29.9 Å². The molecule has 2 aromatic heterocycles. The lowest BCUT2D eigenvalue weighted by Gasteiger charge is -2.35. The number of hydrogen-bond donors (Lipinski definition) is 0. The molecule has 0 unspecified atom stereocenters. The van der Waals surface area contributed by atoms with Crippen LogP contribution in [0.5, 0.6) is 0 Å². The third kappa shape index (κ3) is 10.8. The molecule has 0 fully saturated rings. The van der Waals surface area contributed by atoms with Gasteiger partial charge in [0.05, 0.1) is 17.1 Å². The molecule has 0 amide bonds. The van der Waals surface area contributed by atoms with Crippen LogP contribution >= 0.6 is 0 Å². The van der Waals surface area contributed by atoms with E-state index in [4.69, 9.17) is 29.9 Å². The monoisotopic (exact) mass is 1080 g/mol. The summed E-state index contributed by atoms with van der Waals surface area (Å²) < 4.78 is 0. The lowest BCUT2D eigenvalue weighted by molar-refractivity contribution is 0.956. The Labute approximate surface area is 487 Å². The van der Waals surface area contributed by atoms with E-state index in [2.05, 4.69) is 213 Å². The number of rotatable bonds is 13. The van der Waals surface area contributed by atoms with Gasteiger partial charge in [-0.25, -0.2) is 14.9 Å². The Hall–Kier alpha value is -10.2. The molecule has 0 aliphatic carbocycles. The van der Waals surface area contributed by atoms with E-state index in [-0.39, 0.29) is 0 Å². The zero-order valence-electron chi connectivity index (χ0n) is 48.4. The van der Waals surface area contributed by atoms with Crippen LogP contribution in [0.2, 0.25) is 0 Å². The summed E-state index contributed by atoms with van der Waals surface area (Å²) >= 11 is 0. The highest BCUT2D eigenvalue weighted by atomic mass is 15.4. The molecular weight excluding hydrogens is 1010 g/mol. The molecule has 0 saturated heterocycles. The number of hydrogen-bond acceptors (Lipinski definition) is 8. The third-order valence-corrected chi connectivity index (χ3v) is 15.6. The predicted octanol–water partition coefficient (Wildman–Crippen LogP) is 19.4. The number of nitrogens with zero attached hydrogens (tertiary/aromatic N) is 8. The van der Waals surface area contributed by atoms with Crippen LogP contribution in [0.3, 0.4) is 0 Å². The Kier molecular flexibility index (Phi) is 14.7. The van der Waals surface area contributed by atoms with E-state index in [1.165, 1.54) is 33.4 Å². The van der Waals surface area contributed by atoms with E-state index < -0.39 is 0 Å². The lowest BCUT2D eigenvalue weighted by atomic mass is 9.95. The quantitative estimate of drug-likeness (QED) is 0.113. The van der Waals surface area contributed by atoms with Gasteiger partial charge < -0.3 is 4.90 Å². The van der Waals surface area contributed by atoms with Gasteiger partial charge in [-0.15, -0.1) is 0 Å². The second-order valence-electron chi connectivity index (χ2n) is 21.8. The predicted molar refractivity (Wildman–Crippen MR) is 343 cm³/mol. The van der Waals surface area contributed by atoms with Gasteiger partial charge in [0.15, 0.2) is 23.3 Å². The second kappa shape index (κ2) is 22.8. The molecule has 2 heterocycles. The van der Waals surface area contributed by atoms with Gasteiger partial charge in [0.2, 0.25) is 11.9 Å². The number of aryl methyl sites for hydroxylation is 7. The van der Waals surface area contributed by atoms with Crippen molar-refractivity contribution in [3.8, 4) is 78.9 Å². The van der Waals surface area contributed by atoms with Crippen molar-refractivity contribution in [2.45, 2.75) is 62.3 Å². The fraction of sp³-hybridized carbons (Fsp3) is 0.120. The number of anilines is 6. The van der Waals surface area contributed by atoms with Crippen LogP contribution < -0.4 is 9.80 Å². The molecule has 0 saturated carbocycles. The Morgan fingerprint density at radius 1 is 0.229 bits per heavy atom. The molecule has 404 valence electrons. The summed E-state index contributed by atoms with van der Waals surface area (Å²) in [5, 5.41) is 0. The minimum Gasteiger partial charge on any atom is -0.309 e. The molecule has 12 aromatic rings. The van der Waals surface area contributed by atoms with Gasteiger partial charge >= 0.3 is 0 Å². The third-order valence-electron chi connectivity index (χ3n) is 15.6. The highest BCUT2D eigenvalue weighted by Crippen LogP contribution is 2.48. The van der Waals surface area contributed by atoms with Crippen molar-refractivity contribution in [2.24, 2.45) is 0 Å². The molecular formula is C75H64N8. The minimum atomic E-state index is 0.347. The fourth-order valence-electron chi connectivity index (χ4n) is 11.8. The zero-order chi connectivity index (χ0) is 57.3. The molecule has 0 radical (unpaired) electrons. The molecule has 10 aromatic carbocycles. The molecule has 0 bridgehead atoms. The van der Waals surface area contributed by atoms with Gasteiger partial charge in [-0.1, -0.05) is 205 Å². The highest BCUT2D eigenvalue weighted by Gasteiger charge is 2.31. The number of aromatic nitrogens is 6. The van der Waals surface area contributed by atoms with Crippen LogP contribution in [-0.2, 0) is 0 Å². The normalized spacial score (nSPS) is 11.2. The topological polar surface area (TPSA) is 83.8 Å². The molecule has 0 spiro atoms. The van der Waals surface area contributed by atoms with Crippen LogP contribution in [0, 0.1) is 62.3 Å². The fourth-order valence-corrected chi connectivity index (χ4v) is 11.8. The summed E-state index contributed by atoms with van der Waals surface area (Å²) in [4.78, 5) is 37.4. The first-order valence-corrected chi connectivity index (χ1v) is 28.3. The molecule has 8 nitrogen and oxygen atoms in total. The SMILES string of the molecule is Cc1cc(C)c(N(c2cc(C)c(N(c3nc(-c4ccccc4)nc(-c4cccc(-c5ccccc5)c4)n3)c3nc(-c4ccccc4)nc(-c4cc(-c5ccccc5)cc(-c5ccccc5)c4)n3)c(C)c2C)c2c(C)cc(C)cc2C)c(C)c1. The molecule has 83 heavy (non-hydrogen) atoms. The van der Waals surface area contributed by atoms with Gasteiger partial charge in [0, 0.05) is 27.9 Å². The van der Waals surface area contributed by atoms with E-state index in [0.717, 1.165) is 95.1 Å². The number of benzene rings is 10. The molecule has 0 N–H and O–H groups in total. The van der Waals surface area contributed by atoms with Crippen molar-refractivity contribution < 1.29 is 0 Å². The van der Waals surface area contributed by atoms with Gasteiger partial charge in [-0.05, 0) is 165 Å². The van der Waals surface area contributed by atoms with E-state index in [1.807, 2.05) is 83.8 Å². The lowest BCUT2D eigenvalue weighted by Crippen LogP contribution is -2.22. The molecule has 0 atom stereocenters. The van der Waals surface area contributed by atoms with Gasteiger partial charge in [0.25, 0.3) is 0 Å². The van der Waals surface area contributed by atoms with E-state index >= 15 is 0 Å². The van der Waals surface area contributed by atoms with Crippen LogP contribution in [0.25, 0.3) is 78.9 Å². The summed E-state index contributed by atoms with van der Waals surface area (Å²) in [6, 6.07) is 78.1. The first-order chi connectivity index (χ1) is 40.3. The van der Waals surface area contributed by atoms with Crippen molar-refractivity contribution in [2.75, 3.05) is 9.80 Å². The Bertz CT molecular complexity index is 4190. The maximum absolute atomic E-state index is 5.63. The van der Waals surface area contributed by atoms with E-state index in [9.17, 15) is 0 Å². The van der Waals surface area contributed by atoms with Crippen molar-refractivity contribution in [1.82, 2.24) is 29.9 Å². The van der Waals surface area contributed by atoms with Crippen molar-refractivity contribution in [3.63, 3.8) is 0 Å². The smallest absolute Gasteiger partial charge is 0.241 e. The standard InChI is InChI=1S/C75H64N8/c1-47-38-49(3)67(50(4)39-47)82(68-51(5)40-48(2)41-52(68)6)66-42-53(7)69(55(9)54(66)8)83(74-78-70(59-32-21-13-22-33-59)76-72(80-74)62-37-25-36-61(43-62)56-26-15-10-16-27-56)75-79-71(60-34-23-14-24-35-60)77-73(81-75)65-45-63(57-28-17-11-18-29-57)44-64(46-65)58-30-19-12-20-31-58/h10-46H,1-9H3. The van der Waals surface area contributed by atoms with Crippen molar-refractivity contribution in [3.05, 3.63) is 275 Å². The molecule has 12 rings (SSSR count). The first kappa shape index (κ1) is 53.5. The van der Waals surface area contributed by atoms with Gasteiger partial charge in [-0.3, -0.25) is 0 Å². The second-order valence-corrected chi connectivity index (χ2v) is 21.8. The average Bonchev–Trinajstić information content (AvgIpc) is 3.68. The van der Waals surface area contributed by atoms with Crippen LogP contribution in [0.1, 0.15) is 50.1 Å². The van der Waals surface area contributed by atoms with Crippen molar-refractivity contribution >= 4 is 34.6 Å². The zero-order valence-corrected chi connectivity index (χ0v) is 48.4. The molecule has 8 heteroatoms. The van der Waals surface area contributed by atoms with Crippen molar-refractivity contribution in [1.29, 1.82) is 0 Å². The van der Waals surface area contributed by atoms with E-state index in [1.54, 1.807) is 0 Å². The summed E-state index contributed by atoms with van der Waals surface area (Å²) in [5.41, 5.74) is 24.2. The summed E-state index contributed by atoms with van der Waals surface area (Å²) in [5.74, 6) is 2.70. The van der Waals surface area contributed by atoms with Gasteiger partial charge in [-0.2, -0.15) is 19.9 Å². The Morgan fingerprint density at radius 3 is 0.964 bits per heavy atom. The Morgan fingerprint density at radius 2 is 0.542 bits per heavy atom. The maximum atomic E-state index is 5.63. The summed E-state index contributed by atoms with van der Waals surface area (Å²) in [6.45, 7) is 19.9. The first-order valence-electron chi connectivity index (χ1n) is 28.3. The average molecular weight is 1080 g/mol. The molecule has 0 aliphatic heterocycles. The Balaban J connectivity index is 1.17. The summed E-state index contributed by atoms with van der Waals surface area (Å²) in [7, 11) is 0. The summed E-state index contributed by atoms with van der Waals surface area (Å²) in [6.07, 6.45) is 0. The minimum absolute atomic E-state index is 0.347. The van der Waals surface area contributed by atoms with Crippen LogP contribution in [0.15, 0.2) is 224 Å². The largest absolute Gasteiger partial charge is 0.309 e. The maximum Gasteiger partial charge on any atom is 0.241 e. The van der Waals surface area contributed by atoms with E-state index in [0.29, 0.717) is 35.2 Å². The molecule has 0 aliphatic rings. The van der Waals surface area contributed by atoms with Crippen LogP contribution in [0.4, 0.5) is 34.6 Å². The van der Waals surface area contributed by atoms with Gasteiger partial charge in [0.1, 0.15) is 0 Å². The highest BCUT2D eigenvalue weighted by molar-refractivity contribution is 5.90.